The van der Waals surface area contributed by atoms with E-state index < -0.39 is 5.31 Å². The Balaban J connectivity index is 2.38. The third-order valence-electron chi connectivity index (χ3n) is 4.66. The van der Waals surface area contributed by atoms with Gasteiger partial charge in [0.05, 0.1) is 0 Å². The van der Waals surface area contributed by atoms with Crippen LogP contribution in [0, 0.1) is 0 Å². The Morgan fingerprint density at radius 3 is 1.32 bits per heavy atom. The maximum absolute atomic E-state index is 11.7. The number of rotatable bonds is 6. The predicted molar refractivity (Wildman–Crippen MR) is 113 cm³/mol. The Morgan fingerprint density at radius 1 is 0.720 bits per heavy atom. The van der Waals surface area contributed by atoms with Crippen LogP contribution in [-0.4, -0.2) is 12.1 Å². The van der Waals surface area contributed by atoms with Crippen LogP contribution in [0.2, 0.25) is 0 Å². The standard InChI is InChI=1S/C21H21BrNOP/c22-25(17-16-21(23)24,18-10-4-1-5-11-18,19-12-6-2-7-13-19)20-14-8-3-9-15-20/h1-15H,16-17H2,(H2,23,24). The minimum atomic E-state index is -2.98. The maximum atomic E-state index is 11.7. The van der Waals surface area contributed by atoms with Crippen molar-refractivity contribution in [1.29, 1.82) is 0 Å². The van der Waals surface area contributed by atoms with E-state index in [1.807, 2.05) is 54.6 Å². The van der Waals surface area contributed by atoms with Crippen LogP contribution in [0.1, 0.15) is 6.42 Å². The van der Waals surface area contributed by atoms with E-state index in [-0.39, 0.29) is 5.91 Å². The van der Waals surface area contributed by atoms with Gasteiger partial charge in [-0.05, 0) is 0 Å². The molecule has 0 fully saturated rings. The molecule has 25 heavy (non-hydrogen) atoms. The molecule has 0 aliphatic heterocycles. The molecule has 0 saturated carbocycles. The summed E-state index contributed by atoms with van der Waals surface area (Å²) in [6.45, 7) is 0. The number of primary amides is 1. The van der Waals surface area contributed by atoms with Gasteiger partial charge in [0.1, 0.15) is 0 Å². The summed E-state index contributed by atoms with van der Waals surface area (Å²) in [5.74, 6) is -0.281. The summed E-state index contributed by atoms with van der Waals surface area (Å²) in [6, 6.07) is 31.2. The first-order valence-electron chi connectivity index (χ1n) is 8.23. The molecule has 0 aliphatic carbocycles. The molecule has 2 N–H and O–H groups in total. The molecule has 0 spiro atoms. The monoisotopic (exact) mass is 413 g/mol. The van der Waals surface area contributed by atoms with E-state index in [1.54, 1.807) is 0 Å². The van der Waals surface area contributed by atoms with E-state index in [0.717, 1.165) is 0 Å². The first-order chi connectivity index (χ1) is 12.1. The van der Waals surface area contributed by atoms with Crippen molar-refractivity contribution in [2.24, 2.45) is 5.73 Å². The van der Waals surface area contributed by atoms with Gasteiger partial charge >= 0.3 is 157 Å². The number of nitrogens with two attached hydrogens (primary N) is 1. The van der Waals surface area contributed by atoms with Crippen LogP contribution in [0.5, 0.6) is 0 Å². The summed E-state index contributed by atoms with van der Waals surface area (Å²) in [5, 5.41) is 0.619. The van der Waals surface area contributed by atoms with Crippen LogP contribution in [0.15, 0.2) is 91.0 Å². The Bertz CT molecular complexity index is 753. The zero-order valence-corrected chi connectivity index (χ0v) is 16.4. The first kappa shape index (κ1) is 17.8. The van der Waals surface area contributed by atoms with E-state index >= 15 is 0 Å². The van der Waals surface area contributed by atoms with Gasteiger partial charge in [-0.15, -0.1) is 0 Å². The van der Waals surface area contributed by atoms with E-state index in [1.165, 1.54) is 15.9 Å². The molecule has 128 valence electrons. The minimum absolute atomic E-state index is 0.281. The van der Waals surface area contributed by atoms with Gasteiger partial charge in [-0.3, -0.25) is 0 Å². The zero-order chi connectivity index (χ0) is 17.8. The number of carbonyl (C=O) groups excluding carboxylic acids is 1. The van der Waals surface area contributed by atoms with Crippen LogP contribution in [-0.2, 0) is 4.79 Å². The Morgan fingerprint density at radius 2 is 1.04 bits per heavy atom. The second-order valence-electron chi connectivity index (χ2n) is 6.13. The predicted octanol–water partition coefficient (Wildman–Crippen LogP) is 3.70. The third-order valence-corrected chi connectivity index (χ3v) is 14.6. The van der Waals surface area contributed by atoms with E-state index in [0.29, 0.717) is 12.6 Å². The molecule has 2 nitrogen and oxygen atoms in total. The molecular formula is C21H21BrNOP. The second-order valence-corrected chi connectivity index (χ2v) is 15.2. The molecule has 0 bridgehead atoms. The van der Waals surface area contributed by atoms with Crippen molar-refractivity contribution in [2.75, 3.05) is 6.16 Å². The van der Waals surface area contributed by atoms with E-state index in [2.05, 4.69) is 51.9 Å². The van der Waals surface area contributed by atoms with Gasteiger partial charge in [-0.25, -0.2) is 0 Å². The molecule has 0 atom stereocenters. The van der Waals surface area contributed by atoms with Crippen molar-refractivity contribution in [1.82, 2.24) is 0 Å². The van der Waals surface area contributed by atoms with Crippen molar-refractivity contribution in [2.45, 2.75) is 6.42 Å². The van der Waals surface area contributed by atoms with Crippen LogP contribution in [0.3, 0.4) is 0 Å². The summed E-state index contributed by atoms with van der Waals surface area (Å²) < 4.78 is 0. The van der Waals surface area contributed by atoms with Crippen molar-refractivity contribution < 1.29 is 4.79 Å². The molecule has 0 aliphatic rings. The van der Waals surface area contributed by atoms with Gasteiger partial charge in [0.2, 0.25) is 0 Å². The fraction of sp³-hybridized carbons (Fsp3) is 0.0952. The molecule has 0 aromatic heterocycles. The molecule has 3 aromatic carbocycles. The number of carbonyl (C=O) groups is 1. The molecule has 3 aromatic rings. The molecule has 0 heterocycles. The van der Waals surface area contributed by atoms with Gasteiger partial charge in [0.25, 0.3) is 0 Å². The average molecular weight is 414 g/mol. The summed E-state index contributed by atoms with van der Waals surface area (Å²) in [5.41, 5.74) is 5.55. The molecular weight excluding hydrogens is 393 g/mol. The van der Waals surface area contributed by atoms with Gasteiger partial charge in [0, 0.05) is 0 Å². The van der Waals surface area contributed by atoms with Crippen molar-refractivity contribution in [3.05, 3.63) is 91.0 Å². The van der Waals surface area contributed by atoms with Gasteiger partial charge in [-0.1, -0.05) is 0 Å². The fourth-order valence-electron chi connectivity index (χ4n) is 3.37. The second kappa shape index (κ2) is 7.11. The van der Waals surface area contributed by atoms with E-state index in [9.17, 15) is 4.79 Å². The molecule has 4 heteroatoms. The first-order valence-corrected chi connectivity index (χ1v) is 12.7. The van der Waals surface area contributed by atoms with Gasteiger partial charge in [0.15, 0.2) is 0 Å². The number of hydrogen-bond acceptors (Lipinski definition) is 1. The van der Waals surface area contributed by atoms with Crippen molar-refractivity contribution in [3.8, 4) is 0 Å². The normalized spacial score (nSPS) is 12.9. The van der Waals surface area contributed by atoms with Gasteiger partial charge < -0.3 is 0 Å². The van der Waals surface area contributed by atoms with Crippen LogP contribution < -0.4 is 21.6 Å². The molecule has 0 radical (unpaired) electrons. The van der Waals surface area contributed by atoms with Crippen LogP contribution in [0.25, 0.3) is 0 Å². The van der Waals surface area contributed by atoms with Crippen molar-refractivity contribution in [3.63, 3.8) is 0 Å². The number of halogens is 1. The summed E-state index contributed by atoms with van der Waals surface area (Å²) in [6.07, 6.45) is 0.973. The SMILES string of the molecule is NC(=O)CCP(Br)(c1ccccc1)(c1ccccc1)c1ccccc1. The summed E-state index contributed by atoms with van der Waals surface area (Å²) >= 11 is 4.27. The third kappa shape index (κ3) is 3.15. The van der Waals surface area contributed by atoms with Crippen molar-refractivity contribution >= 4 is 42.6 Å². The summed E-state index contributed by atoms with van der Waals surface area (Å²) in [7, 11) is 0. The Hall–Kier alpha value is -1.96. The van der Waals surface area contributed by atoms with Crippen LogP contribution in [0.4, 0.5) is 0 Å². The topological polar surface area (TPSA) is 43.1 Å². The molecule has 1 amide bonds. The fourth-order valence-corrected chi connectivity index (χ4v) is 10.7. The Kier molecular flexibility index (Phi) is 5.08. The number of amides is 1. The summed E-state index contributed by atoms with van der Waals surface area (Å²) in [4.78, 5) is 11.7. The number of benzene rings is 3. The number of hydrogen-bond donors (Lipinski definition) is 1. The zero-order valence-electron chi connectivity index (χ0n) is 13.9. The molecule has 0 saturated heterocycles. The Labute approximate surface area is 156 Å². The molecule has 3 rings (SSSR count). The average Bonchev–Trinajstić information content (AvgIpc) is 2.68. The molecule has 0 unspecified atom stereocenters. The van der Waals surface area contributed by atoms with E-state index in [4.69, 9.17) is 5.73 Å². The van der Waals surface area contributed by atoms with Gasteiger partial charge in [-0.2, -0.15) is 0 Å². The quantitative estimate of drug-likeness (QED) is 0.615. The van der Waals surface area contributed by atoms with Crippen LogP contribution >= 0.6 is 20.8 Å².